The minimum Gasteiger partial charge on any atom is -0.504 e. The summed E-state index contributed by atoms with van der Waals surface area (Å²) in [4.78, 5) is 0. The molecule has 0 aromatic heterocycles. The lowest BCUT2D eigenvalue weighted by molar-refractivity contribution is 0.0196. The predicted octanol–water partition coefficient (Wildman–Crippen LogP) is 2.46. The number of fused-ring (bicyclic) bond motifs is 1. The van der Waals surface area contributed by atoms with E-state index in [1.807, 2.05) is 0 Å². The molecule has 2 unspecified atom stereocenters. The molecule has 2 atom stereocenters. The molecular weight excluding hydrogens is 312 g/mol. The molecule has 1 aliphatic rings. The third kappa shape index (κ3) is 2.80. The van der Waals surface area contributed by atoms with Crippen LogP contribution in [0, 0.1) is 0 Å². The molecule has 2 aromatic rings. The molecule has 0 amide bonds. The quantitative estimate of drug-likeness (QED) is 0.895. The van der Waals surface area contributed by atoms with E-state index in [4.69, 9.17) is 18.9 Å². The zero-order valence-electron chi connectivity index (χ0n) is 13.8. The number of methoxy groups -OCH3 is 3. The first-order valence-corrected chi connectivity index (χ1v) is 7.54. The second-order valence-corrected chi connectivity index (χ2v) is 5.55. The van der Waals surface area contributed by atoms with Gasteiger partial charge in [0.1, 0.15) is 23.4 Å². The van der Waals surface area contributed by atoms with E-state index in [-0.39, 0.29) is 5.75 Å². The Labute approximate surface area is 140 Å². The largest absolute Gasteiger partial charge is 0.504 e. The molecule has 1 heterocycles. The van der Waals surface area contributed by atoms with Crippen LogP contribution < -0.4 is 18.9 Å². The zero-order valence-corrected chi connectivity index (χ0v) is 13.8. The number of rotatable bonds is 4. The second kappa shape index (κ2) is 6.49. The van der Waals surface area contributed by atoms with Gasteiger partial charge in [-0.15, -0.1) is 0 Å². The van der Waals surface area contributed by atoms with Crippen LogP contribution in [0.1, 0.15) is 17.2 Å². The predicted molar refractivity (Wildman–Crippen MR) is 87.3 cm³/mol. The fraction of sp³-hybridized carbons (Fsp3) is 0.333. The SMILES string of the molecule is COc1cc(OC)c2c(c1)OC(c1ccc(O)c(OC)c1)C(O)C2. The second-order valence-electron chi connectivity index (χ2n) is 5.55. The van der Waals surface area contributed by atoms with Gasteiger partial charge in [-0.05, 0) is 17.7 Å². The van der Waals surface area contributed by atoms with E-state index in [0.29, 0.717) is 35.0 Å². The van der Waals surface area contributed by atoms with Crippen molar-refractivity contribution >= 4 is 0 Å². The number of ether oxygens (including phenoxy) is 4. The first-order chi connectivity index (χ1) is 11.6. The van der Waals surface area contributed by atoms with Gasteiger partial charge in [-0.25, -0.2) is 0 Å². The van der Waals surface area contributed by atoms with Crippen LogP contribution in [0.5, 0.6) is 28.7 Å². The van der Waals surface area contributed by atoms with Crippen LogP contribution in [0.2, 0.25) is 0 Å². The van der Waals surface area contributed by atoms with Crippen molar-refractivity contribution in [2.24, 2.45) is 0 Å². The van der Waals surface area contributed by atoms with Gasteiger partial charge in [0.2, 0.25) is 0 Å². The minimum atomic E-state index is -0.756. The molecule has 24 heavy (non-hydrogen) atoms. The van der Waals surface area contributed by atoms with Gasteiger partial charge >= 0.3 is 0 Å². The van der Waals surface area contributed by atoms with Crippen LogP contribution in [0.4, 0.5) is 0 Å². The van der Waals surface area contributed by atoms with Gasteiger partial charge < -0.3 is 29.2 Å². The molecule has 2 N–H and O–H groups in total. The average molecular weight is 332 g/mol. The molecule has 1 aliphatic heterocycles. The summed E-state index contributed by atoms with van der Waals surface area (Å²) in [5.74, 6) is 2.20. The fourth-order valence-corrected chi connectivity index (χ4v) is 2.89. The molecule has 0 saturated carbocycles. The maximum atomic E-state index is 10.5. The summed E-state index contributed by atoms with van der Waals surface area (Å²) in [7, 11) is 4.61. The van der Waals surface area contributed by atoms with E-state index in [1.165, 1.54) is 13.2 Å². The number of aliphatic hydroxyl groups is 1. The Morgan fingerprint density at radius 2 is 1.75 bits per heavy atom. The number of aliphatic hydroxyl groups excluding tert-OH is 1. The molecular formula is C18H20O6. The Morgan fingerprint density at radius 3 is 2.42 bits per heavy atom. The normalized spacial score (nSPS) is 19.2. The van der Waals surface area contributed by atoms with Crippen molar-refractivity contribution < 1.29 is 29.2 Å². The first kappa shape index (κ1) is 16.3. The number of benzene rings is 2. The van der Waals surface area contributed by atoms with Crippen LogP contribution in [0.15, 0.2) is 30.3 Å². The van der Waals surface area contributed by atoms with Crippen LogP contribution in [0.3, 0.4) is 0 Å². The number of phenolic OH excluding ortho intramolecular Hbond substituents is 1. The molecule has 3 rings (SSSR count). The zero-order chi connectivity index (χ0) is 17.3. The first-order valence-electron chi connectivity index (χ1n) is 7.54. The molecule has 2 aromatic carbocycles. The minimum absolute atomic E-state index is 0.0373. The molecule has 0 fully saturated rings. The molecule has 0 bridgehead atoms. The van der Waals surface area contributed by atoms with Gasteiger partial charge in [0, 0.05) is 24.1 Å². The Bertz CT molecular complexity index is 743. The molecule has 0 saturated heterocycles. The third-order valence-corrected chi connectivity index (χ3v) is 4.15. The lowest BCUT2D eigenvalue weighted by Crippen LogP contribution is -2.30. The van der Waals surface area contributed by atoms with Gasteiger partial charge in [-0.2, -0.15) is 0 Å². The lowest BCUT2D eigenvalue weighted by Gasteiger charge is -2.32. The molecule has 6 heteroatoms. The van der Waals surface area contributed by atoms with E-state index in [2.05, 4.69) is 0 Å². The van der Waals surface area contributed by atoms with Crippen molar-refractivity contribution in [2.45, 2.75) is 18.6 Å². The number of phenols is 1. The summed E-state index contributed by atoms with van der Waals surface area (Å²) in [6, 6.07) is 8.42. The van der Waals surface area contributed by atoms with Gasteiger partial charge in [-0.1, -0.05) is 6.07 Å². The molecule has 128 valence electrons. The average Bonchev–Trinajstić information content (AvgIpc) is 2.61. The van der Waals surface area contributed by atoms with Gasteiger partial charge in [0.05, 0.1) is 27.4 Å². The Kier molecular flexibility index (Phi) is 4.40. The molecule has 0 aliphatic carbocycles. The third-order valence-electron chi connectivity index (χ3n) is 4.15. The highest BCUT2D eigenvalue weighted by atomic mass is 16.5. The van der Waals surface area contributed by atoms with Crippen molar-refractivity contribution in [1.82, 2.24) is 0 Å². The number of aromatic hydroxyl groups is 1. The van der Waals surface area contributed by atoms with E-state index in [9.17, 15) is 10.2 Å². The van der Waals surface area contributed by atoms with E-state index < -0.39 is 12.2 Å². The number of hydrogen-bond acceptors (Lipinski definition) is 6. The molecule has 0 radical (unpaired) electrons. The monoisotopic (exact) mass is 332 g/mol. The summed E-state index contributed by atoms with van der Waals surface area (Å²) in [6.07, 6.45) is -0.950. The smallest absolute Gasteiger partial charge is 0.160 e. The van der Waals surface area contributed by atoms with E-state index >= 15 is 0 Å². The summed E-state index contributed by atoms with van der Waals surface area (Å²) in [5.41, 5.74) is 1.51. The topological polar surface area (TPSA) is 77.4 Å². The summed E-state index contributed by atoms with van der Waals surface area (Å²) in [6.45, 7) is 0. The maximum absolute atomic E-state index is 10.5. The standard InChI is InChI=1S/C18H20O6/c1-21-11-7-15(22-2)12-9-14(20)18(24-16(12)8-11)10-4-5-13(19)17(6-10)23-3/h4-8,14,18-20H,9H2,1-3H3. The molecule has 0 spiro atoms. The Balaban J connectivity index is 2.00. The van der Waals surface area contributed by atoms with Crippen LogP contribution >= 0.6 is 0 Å². The highest BCUT2D eigenvalue weighted by Gasteiger charge is 2.32. The summed E-state index contributed by atoms with van der Waals surface area (Å²) >= 11 is 0. The van der Waals surface area contributed by atoms with Crippen molar-refractivity contribution in [2.75, 3.05) is 21.3 Å². The van der Waals surface area contributed by atoms with Crippen LogP contribution in [-0.4, -0.2) is 37.6 Å². The van der Waals surface area contributed by atoms with E-state index in [1.54, 1.807) is 38.5 Å². The van der Waals surface area contributed by atoms with Crippen molar-refractivity contribution in [3.8, 4) is 28.7 Å². The van der Waals surface area contributed by atoms with Crippen molar-refractivity contribution in [1.29, 1.82) is 0 Å². The summed E-state index contributed by atoms with van der Waals surface area (Å²) in [5, 5.41) is 20.3. The van der Waals surface area contributed by atoms with Crippen molar-refractivity contribution in [3.63, 3.8) is 0 Å². The van der Waals surface area contributed by atoms with Crippen molar-refractivity contribution in [3.05, 3.63) is 41.5 Å². The maximum Gasteiger partial charge on any atom is 0.160 e. The fourth-order valence-electron chi connectivity index (χ4n) is 2.89. The molecule has 6 nitrogen and oxygen atoms in total. The lowest BCUT2D eigenvalue weighted by atomic mass is 9.94. The highest BCUT2D eigenvalue weighted by Crippen LogP contribution is 2.43. The van der Waals surface area contributed by atoms with Gasteiger partial charge in [0.15, 0.2) is 11.5 Å². The Morgan fingerprint density at radius 1 is 1.00 bits per heavy atom. The summed E-state index contributed by atoms with van der Waals surface area (Å²) < 4.78 is 21.8. The highest BCUT2D eigenvalue weighted by molar-refractivity contribution is 5.53. The number of hydrogen-bond donors (Lipinski definition) is 2. The van der Waals surface area contributed by atoms with E-state index in [0.717, 1.165) is 5.56 Å². The van der Waals surface area contributed by atoms with Gasteiger partial charge in [0.25, 0.3) is 0 Å². The van der Waals surface area contributed by atoms with Gasteiger partial charge in [-0.3, -0.25) is 0 Å². The van der Waals surface area contributed by atoms with Crippen LogP contribution in [0.25, 0.3) is 0 Å². The van der Waals surface area contributed by atoms with Crippen LogP contribution in [-0.2, 0) is 6.42 Å². The Hall–Kier alpha value is -2.60.